The summed E-state index contributed by atoms with van der Waals surface area (Å²) in [6.45, 7) is 4.26. The average Bonchev–Trinajstić information content (AvgIpc) is 3.36. The van der Waals surface area contributed by atoms with E-state index in [4.69, 9.17) is 40.2 Å². The number of rotatable bonds is 7. The number of hydrogen-bond acceptors (Lipinski definition) is 5. The maximum Gasteiger partial charge on any atom is 0.340 e. The van der Waals surface area contributed by atoms with E-state index in [2.05, 4.69) is 27.9 Å². The van der Waals surface area contributed by atoms with Gasteiger partial charge in [0.25, 0.3) is 0 Å². The zero-order chi connectivity index (χ0) is 25.8. The molecule has 0 aliphatic carbocycles. The highest BCUT2D eigenvalue weighted by atomic mass is 35.5. The van der Waals surface area contributed by atoms with Crippen LogP contribution in [0.1, 0.15) is 37.7 Å². The maximum atomic E-state index is 12.4. The topological polar surface area (TPSA) is 68.2 Å². The van der Waals surface area contributed by atoms with Crippen molar-refractivity contribution in [2.75, 3.05) is 17.7 Å². The highest BCUT2D eigenvalue weighted by Crippen LogP contribution is 2.32. The average molecular weight is 560 g/mol. The van der Waals surface area contributed by atoms with E-state index < -0.39 is 5.97 Å². The van der Waals surface area contributed by atoms with Crippen LogP contribution >= 0.6 is 46.8 Å². The predicted octanol–water partition coefficient (Wildman–Crippen LogP) is 7.10. The summed E-state index contributed by atoms with van der Waals surface area (Å²) in [5, 5.41) is 13.2. The highest BCUT2D eigenvalue weighted by molar-refractivity contribution is 7.80. The summed E-state index contributed by atoms with van der Waals surface area (Å²) in [6, 6.07) is 17.3. The molecule has 4 rings (SSSR count). The van der Waals surface area contributed by atoms with Crippen LogP contribution in [0.3, 0.4) is 0 Å². The Bertz CT molecular complexity index is 1400. The van der Waals surface area contributed by atoms with E-state index in [0.717, 1.165) is 33.1 Å². The number of methoxy groups -OCH3 is 1. The Balaban J connectivity index is 1.53. The second-order valence-corrected chi connectivity index (χ2v) is 10.5. The first-order chi connectivity index (χ1) is 17.3. The molecule has 36 heavy (non-hydrogen) atoms. The summed E-state index contributed by atoms with van der Waals surface area (Å²) < 4.78 is 6.82. The summed E-state index contributed by atoms with van der Waals surface area (Å²) in [6.07, 6.45) is 0.701. The molecule has 2 heterocycles. The molecular weight excluding hydrogens is 535 g/mol. The quantitative estimate of drug-likeness (QED) is 0.186. The molecule has 0 saturated carbocycles. The molecule has 0 atom stereocenters. The maximum absolute atomic E-state index is 12.4. The second kappa shape index (κ2) is 11.4. The standard InChI is InChI=1S/C26H24Cl2N4O2S2/c1-15-23(16(2)32(31-15)14-20-21(27)10-7-11-22(20)28)29-26(35)30-24-19(25(33)34-3)13-18(36-24)12-17-8-5-4-6-9-17/h4-11,13H,12,14H2,1-3H3,(H2,29,30,35). The molecule has 0 aliphatic rings. The van der Waals surface area contributed by atoms with Crippen molar-refractivity contribution in [1.82, 2.24) is 9.78 Å². The number of benzene rings is 2. The van der Waals surface area contributed by atoms with E-state index in [9.17, 15) is 4.79 Å². The number of carbonyl (C=O) groups excluding carboxylic acids is 1. The van der Waals surface area contributed by atoms with E-state index in [-0.39, 0.29) is 0 Å². The van der Waals surface area contributed by atoms with Gasteiger partial charge < -0.3 is 15.4 Å². The second-order valence-electron chi connectivity index (χ2n) is 8.09. The third-order valence-electron chi connectivity index (χ3n) is 5.63. The van der Waals surface area contributed by atoms with E-state index in [1.807, 2.05) is 48.9 Å². The van der Waals surface area contributed by atoms with Crippen molar-refractivity contribution in [2.24, 2.45) is 0 Å². The number of carbonyl (C=O) groups is 1. The van der Waals surface area contributed by atoms with Crippen LogP contribution in [0.25, 0.3) is 0 Å². The van der Waals surface area contributed by atoms with Crippen LogP contribution in [0, 0.1) is 13.8 Å². The third-order valence-corrected chi connectivity index (χ3v) is 7.59. The normalized spacial score (nSPS) is 10.8. The number of hydrogen-bond donors (Lipinski definition) is 2. The van der Waals surface area contributed by atoms with Crippen molar-refractivity contribution in [3.63, 3.8) is 0 Å². The van der Waals surface area contributed by atoms with Gasteiger partial charge in [0.15, 0.2) is 5.11 Å². The van der Waals surface area contributed by atoms with Crippen LogP contribution in [0.15, 0.2) is 54.6 Å². The monoisotopic (exact) mass is 558 g/mol. The lowest BCUT2D eigenvalue weighted by molar-refractivity contribution is 0.0602. The molecule has 2 aromatic heterocycles. The summed E-state index contributed by atoms with van der Waals surface area (Å²) in [4.78, 5) is 13.4. The fraction of sp³-hybridized carbons (Fsp3) is 0.192. The lowest BCUT2D eigenvalue weighted by Gasteiger charge is -2.12. The van der Waals surface area contributed by atoms with Gasteiger partial charge in [0.1, 0.15) is 5.00 Å². The van der Waals surface area contributed by atoms with Gasteiger partial charge in [-0.25, -0.2) is 4.79 Å². The lowest BCUT2D eigenvalue weighted by Crippen LogP contribution is -2.20. The number of aromatic nitrogens is 2. The molecule has 10 heteroatoms. The summed E-state index contributed by atoms with van der Waals surface area (Å²) in [7, 11) is 1.36. The number of thiophene rings is 1. The summed E-state index contributed by atoms with van der Waals surface area (Å²) >= 11 is 19.8. The van der Waals surface area contributed by atoms with Gasteiger partial charge in [-0.1, -0.05) is 59.6 Å². The predicted molar refractivity (Wildman–Crippen MR) is 152 cm³/mol. The molecule has 0 aliphatic heterocycles. The van der Waals surface area contributed by atoms with Crippen LogP contribution in [-0.4, -0.2) is 28.0 Å². The van der Waals surface area contributed by atoms with Gasteiger partial charge in [-0.05, 0) is 49.8 Å². The van der Waals surface area contributed by atoms with E-state index in [1.54, 1.807) is 12.1 Å². The van der Waals surface area contributed by atoms with Gasteiger partial charge in [0, 0.05) is 26.9 Å². The SMILES string of the molecule is COC(=O)c1cc(Cc2ccccc2)sc1NC(=S)Nc1c(C)nn(Cc2c(Cl)cccc2Cl)c1C. The zero-order valence-corrected chi connectivity index (χ0v) is 23.0. The number of anilines is 2. The Kier molecular flexibility index (Phi) is 8.31. The van der Waals surface area contributed by atoms with Gasteiger partial charge in [-0.3, -0.25) is 4.68 Å². The first-order valence-corrected chi connectivity index (χ1v) is 13.0. The Morgan fingerprint density at radius 1 is 1.08 bits per heavy atom. The van der Waals surface area contributed by atoms with Crippen LogP contribution in [0.5, 0.6) is 0 Å². The number of esters is 1. The molecule has 2 N–H and O–H groups in total. The molecule has 0 unspecified atom stereocenters. The number of thiocarbonyl (C=S) groups is 1. The van der Waals surface area contributed by atoms with Crippen molar-refractivity contribution in [1.29, 1.82) is 0 Å². The molecule has 0 radical (unpaired) electrons. The van der Waals surface area contributed by atoms with E-state index in [1.165, 1.54) is 18.4 Å². The van der Waals surface area contributed by atoms with Gasteiger partial charge in [-0.15, -0.1) is 11.3 Å². The first-order valence-electron chi connectivity index (χ1n) is 11.1. The zero-order valence-electron chi connectivity index (χ0n) is 19.9. The van der Waals surface area contributed by atoms with Gasteiger partial charge in [-0.2, -0.15) is 5.10 Å². The molecule has 2 aromatic carbocycles. The first kappa shape index (κ1) is 26.2. The number of nitrogens with zero attached hydrogens (tertiary/aromatic N) is 2. The lowest BCUT2D eigenvalue weighted by atomic mass is 10.1. The van der Waals surface area contributed by atoms with Crippen LogP contribution < -0.4 is 10.6 Å². The minimum absolute atomic E-state index is 0.342. The fourth-order valence-corrected chi connectivity index (χ4v) is 5.66. The van der Waals surface area contributed by atoms with Crippen LogP contribution in [0.4, 0.5) is 10.7 Å². The fourth-order valence-electron chi connectivity index (χ4n) is 3.79. The molecule has 186 valence electrons. The Morgan fingerprint density at radius 2 is 1.78 bits per heavy atom. The molecule has 6 nitrogen and oxygen atoms in total. The molecule has 0 spiro atoms. The number of halogens is 2. The van der Waals surface area contributed by atoms with Crippen molar-refractivity contribution in [3.8, 4) is 0 Å². The van der Waals surface area contributed by atoms with E-state index in [0.29, 0.717) is 38.7 Å². The molecular formula is C26H24Cl2N4O2S2. The van der Waals surface area contributed by atoms with Gasteiger partial charge >= 0.3 is 5.97 Å². The van der Waals surface area contributed by atoms with Gasteiger partial charge in [0.05, 0.1) is 36.3 Å². The minimum Gasteiger partial charge on any atom is -0.465 e. The molecule has 0 fully saturated rings. The van der Waals surface area contributed by atoms with Crippen LogP contribution in [0.2, 0.25) is 10.0 Å². The Labute approximate surface area is 229 Å². The molecule has 0 saturated heterocycles. The molecule has 0 bridgehead atoms. The van der Waals surface area contributed by atoms with Gasteiger partial charge in [0.2, 0.25) is 0 Å². The number of ether oxygens (including phenoxy) is 1. The highest BCUT2D eigenvalue weighted by Gasteiger charge is 2.20. The third kappa shape index (κ3) is 5.90. The summed E-state index contributed by atoms with van der Waals surface area (Å²) in [5.41, 5.74) is 4.80. The Hall–Kier alpha value is -2.91. The summed E-state index contributed by atoms with van der Waals surface area (Å²) in [5.74, 6) is -0.423. The largest absolute Gasteiger partial charge is 0.465 e. The number of nitrogens with one attached hydrogen (secondary N) is 2. The number of aryl methyl sites for hydroxylation is 1. The smallest absolute Gasteiger partial charge is 0.340 e. The van der Waals surface area contributed by atoms with Crippen LogP contribution in [-0.2, 0) is 17.7 Å². The minimum atomic E-state index is -0.423. The Morgan fingerprint density at radius 3 is 2.44 bits per heavy atom. The van der Waals surface area contributed by atoms with Crippen molar-refractivity contribution >= 4 is 68.5 Å². The van der Waals surface area contributed by atoms with E-state index >= 15 is 0 Å². The molecule has 0 amide bonds. The molecule has 4 aromatic rings. The van der Waals surface area contributed by atoms with Crippen molar-refractivity contribution in [2.45, 2.75) is 26.8 Å². The van der Waals surface area contributed by atoms with Crippen molar-refractivity contribution in [3.05, 3.63) is 97.6 Å². The van der Waals surface area contributed by atoms with Crippen molar-refractivity contribution < 1.29 is 9.53 Å².